The number of hydrogen-bond acceptors (Lipinski definition) is 7. The smallest absolute Gasteiger partial charge is 0.319 e. The monoisotopic (exact) mass is 267 g/mol. The van der Waals surface area contributed by atoms with Gasteiger partial charge in [0, 0.05) is 0 Å². The van der Waals surface area contributed by atoms with Crippen molar-refractivity contribution in [3.63, 3.8) is 0 Å². The SMILES string of the molecule is CCNCc1nnc(N2CC(=O)NC(=O)C2(C)C)o1. The van der Waals surface area contributed by atoms with Crippen molar-refractivity contribution in [2.75, 3.05) is 18.0 Å². The van der Waals surface area contributed by atoms with Gasteiger partial charge in [0.25, 0.3) is 5.91 Å². The molecular formula is C11H17N5O3. The number of carbonyl (C=O) groups excluding carboxylic acids is 2. The molecule has 0 aromatic carbocycles. The van der Waals surface area contributed by atoms with Crippen LogP contribution in [0.15, 0.2) is 4.42 Å². The van der Waals surface area contributed by atoms with Crippen LogP contribution < -0.4 is 15.5 Å². The Kier molecular flexibility index (Phi) is 3.52. The minimum atomic E-state index is -0.907. The van der Waals surface area contributed by atoms with Crippen molar-refractivity contribution in [3.05, 3.63) is 5.89 Å². The molecule has 104 valence electrons. The summed E-state index contributed by atoms with van der Waals surface area (Å²) in [6.07, 6.45) is 0. The molecule has 0 aliphatic carbocycles. The van der Waals surface area contributed by atoms with Gasteiger partial charge in [-0.15, -0.1) is 5.10 Å². The summed E-state index contributed by atoms with van der Waals surface area (Å²) >= 11 is 0. The van der Waals surface area contributed by atoms with E-state index in [0.717, 1.165) is 6.54 Å². The number of carbonyl (C=O) groups is 2. The van der Waals surface area contributed by atoms with E-state index in [4.69, 9.17) is 4.42 Å². The molecule has 2 amide bonds. The lowest BCUT2D eigenvalue weighted by Gasteiger charge is -2.38. The number of amides is 2. The van der Waals surface area contributed by atoms with Crippen LogP contribution in [0.3, 0.4) is 0 Å². The minimum Gasteiger partial charge on any atom is -0.407 e. The second kappa shape index (κ2) is 4.96. The third-order valence-electron chi connectivity index (χ3n) is 3.00. The Labute approximate surface area is 110 Å². The molecule has 0 atom stereocenters. The van der Waals surface area contributed by atoms with Crippen LogP contribution in [0.1, 0.15) is 26.7 Å². The van der Waals surface area contributed by atoms with Gasteiger partial charge in [-0.3, -0.25) is 14.9 Å². The second-order valence-electron chi connectivity index (χ2n) is 4.78. The van der Waals surface area contributed by atoms with E-state index in [0.29, 0.717) is 12.4 Å². The van der Waals surface area contributed by atoms with Crippen LogP contribution in [0, 0.1) is 0 Å². The minimum absolute atomic E-state index is 0.0155. The molecule has 2 heterocycles. The molecule has 0 saturated carbocycles. The standard InChI is InChI=1S/C11H17N5O3/c1-4-12-5-8-14-15-10(19-8)16-6-7(17)13-9(18)11(16,2)3/h12H,4-6H2,1-3H3,(H,13,17,18). The van der Waals surface area contributed by atoms with E-state index in [-0.39, 0.29) is 24.4 Å². The number of rotatable bonds is 4. The van der Waals surface area contributed by atoms with E-state index in [2.05, 4.69) is 20.8 Å². The van der Waals surface area contributed by atoms with Crippen LogP contribution in [0.2, 0.25) is 0 Å². The van der Waals surface area contributed by atoms with Gasteiger partial charge in [0.05, 0.1) is 6.54 Å². The first-order valence-electron chi connectivity index (χ1n) is 6.10. The number of nitrogens with one attached hydrogen (secondary N) is 2. The Balaban J connectivity index is 2.21. The number of piperazine rings is 1. The first kappa shape index (κ1) is 13.5. The van der Waals surface area contributed by atoms with E-state index in [1.807, 2.05) is 6.92 Å². The maximum Gasteiger partial charge on any atom is 0.319 e. The van der Waals surface area contributed by atoms with Crippen molar-refractivity contribution >= 4 is 17.8 Å². The van der Waals surface area contributed by atoms with E-state index >= 15 is 0 Å². The summed E-state index contributed by atoms with van der Waals surface area (Å²) in [6, 6.07) is 0.182. The Hall–Kier alpha value is -1.96. The Morgan fingerprint density at radius 1 is 1.42 bits per heavy atom. The molecule has 8 heteroatoms. The van der Waals surface area contributed by atoms with E-state index in [9.17, 15) is 9.59 Å². The number of imide groups is 1. The number of anilines is 1. The van der Waals surface area contributed by atoms with Gasteiger partial charge in [-0.1, -0.05) is 12.0 Å². The van der Waals surface area contributed by atoms with Crippen molar-refractivity contribution in [3.8, 4) is 0 Å². The molecule has 1 aromatic heterocycles. The fourth-order valence-electron chi connectivity index (χ4n) is 1.75. The zero-order chi connectivity index (χ0) is 14.0. The van der Waals surface area contributed by atoms with Gasteiger partial charge >= 0.3 is 6.01 Å². The molecule has 1 fully saturated rings. The average molecular weight is 267 g/mol. The van der Waals surface area contributed by atoms with Gasteiger partial charge in [-0.25, -0.2) is 0 Å². The van der Waals surface area contributed by atoms with Gasteiger partial charge in [0.15, 0.2) is 0 Å². The zero-order valence-electron chi connectivity index (χ0n) is 11.2. The first-order chi connectivity index (χ1) is 8.95. The molecule has 1 saturated heterocycles. The molecule has 8 nitrogen and oxygen atoms in total. The van der Waals surface area contributed by atoms with E-state index in [1.54, 1.807) is 13.8 Å². The Bertz CT molecular complexity index is 496. The maximum atomic E-state index is 11.8. The van der Waals surface area contributed by atoms with Crippen LogP contribution in [0.4, 0.5) is 6.01 Å². The third-order valence-corrected chi connectivity index (χ3v) is 3.00. The molecule has 1 aromatic rings. The van der Waals surface area contributed by atoms with Crippen molar-refractivity contribution < 1.29 is 14.0 Å². The fourth-order valence-corrected chi connectivity index (χ4v) is 1.75. The Morgan fingerprint density at radius 3 is 2.84 bits per heavy atom. The summed E-state index contributed by atoms with van der Waals surface area (Å²) in [5.41, 5.74) is -0.907. The van der Waals surface area contributed by atoms with E-state index < -0.39 is 5.54 Å². The molecule has 0 radical (unpaired) electrons. The molecule has 0 bridgehead atoms. The molecule has 1 aliphatic rings. The molecule has 0 spiro atoms. The highest BCUT2D eigenvalue weighted by atomic mass is 16.4. The summed E-state index contributed by atoms with van der Waals surface area (Å²) in [4.78, 5) is 24.8. The second-order valence-corrected chi connectivity index (χ2v) is 4.78. The normalized spacial score (nSPS) is 18.6. The summed E-state index contributed by atoms with van der Waals surface area (Å²) < 4.78 is 5.47. The maximum absolute atomic E-state index is 11.8. The number of aromatic nitrogens is 2. The van der Waals surface area contributed by atoms with Crippen molar-refractivity contribution in [2.24, 2.45) is 0 Å². The highest BCUT2D eigenvalue weighted by Gasteiger charge is 2.43. The molecule has 1 aliphatic heterocycles. The lowest BCUT2D eigenvalue weighted by atomic mass is 9.99. The van der Waals surface area contributed by atoms with Crippen molar-refractivity contribution in [2.45, 2.75) is 32.9 Å². The molecule has 19 heavy (non-hydrogen) atoms. The fraction of sp³-hybridized carbons (Fsp3) is 0.636. The average Bonchev–Trinajstić information content (AvgIpc) is 2.80. The van der Waals surface area contributed by atoms with Crippen molar-refractivity contribution in [1.29, 1.82) is 0 Å². The summed E-state index contributed by atoms with van der Waals surface area (Å²) in [5.74, 6) is -0.336. The predicted octanol–water partition coefficient (Wildman–Crippen LogP) is -0.579. The predicted molar refractivity (Wildman–Crippen MR) is 66.3 cm³/mol. The third kappa shape index (κ3) is 2.58. The molecular weight excluding hydrogens is 250 g/mol. The largest absolute Gasteiger partial charge is 0.407 e. The molecule has 2 N–H and O–H groups in total. The van der Waals surface area contributed by atoms with Crippen LogP contribution in [-0.4, -0.2) is 40.6 Å². The van der Waals surface area contributed by atoms with Gasteiger partial charge in [-0.2, -0.15) is 0 Å². The summed E-state index contributed by atoms with van der Waals surface area (Å²) in [6.45, 7) is 6.62. The lowest BCUT2D eigenvalue weighted by Crippen LogP contribution is -2.64. The lowest BCUT2D eigenvalue weighted by molar-refractivity contribution is -0.135. The summed E-state index contributed by atoms with van der Waals surface area (Å²) in [7, 11) is 0. The van der Waals surface area contributed by atoms with Crippen molar-refractivity contribution in [1.82, 2.24) is 20.8 Å². The first-order valence-corrected chi connectivity index (χ1v) is 6.10. The topological polar surface area (TPSA) is 100 Å². The highest BCUT2D eigenvalue weighted by molar-refractivity contribution is 6.06. The van der Waals surface area contributed by atoms with Crippen LogP contribution in [0.25, 0.3) is 0 Å². The Morgan fingerprint density at radius 2 is 2.16 bits per heavy atom. The molecule has 2 rings (SSSR count). The van der Waals surface area contributed by atoms with Gasteiger partial charge in [0.1, 0.15) is 12.1 Å². The molecule has 0 unspecified atom stereocenters. The quantitative estimate of drug-likeness (QED) is 0.704. The van der Waals surface area contributed by atoms with Crippen LogP contribution in [0.5, 0.6) is 0 Å². The number of nitrogens with zero attached hydrogens (tertiary/aromatic N) is 3. The van der Waals surface area contributed by atoms with Gasteiger partial charge < -0.3 is 14.6 Å². The van der Waals surface area contributed by atoms with Crippen LogP contribution in [-0.2, 0) is 16.1 Å². The zero-order valence-corrected chi connectivity index (χ0v) is 11.2. The van der Waals surface area contributed by atoms with E-state index in [1.165, 1.54) is 4.90 Å². The summed E-state index contributed by atoms with van der Waals surface area (Å²) in [5, 5.41) is 13.1. The van der Waals surface area contributed by atoms with Crippen LogP contribution >= 0.6 is 0 Å². The van der Waals surface area contributed by atoms with Gasteiger partial charge in [-0.05, 0) is 20.4 Å². The number of hydrogen-bond donors (Lipinski definition) is 2. The highest BCUT2D eigenvalue weighted by Crippen LogP contribution is 2.25. The van der Waals surface area contributed by atoms with Gasteiger partial charge in [0.2, 0.25) is 11.8 Å².